The summed E-state index contributed by atoms with van der Waals surface area (Å²) in [4.78, 5) is 6.54. The maximum Gasteiger partial charge on any atom is 2.00 e. The molecule has 2 rings (SSSR count). The van der Waals surface area contributed by atoms with Crippen LogP contribution in [0.25, 0.3) is 0 Å². The molecule has 1 aliphatic rings. The Hall–Kier alpha value is 1.34. The van der Waals surface area contributed by atoms with Crippen molar-refractivity contribution in [1.29, 1.82) is 0 Å². The number of pyridine rings is 1. The van der Waals surface area contributed by atoms with Crippen LogP contribution in [0.3, 0.4) is 0 Å². The summed E-state index contributed by atoms with van der Waals surface area (Å²) in [6.45, 7) is 1.22. The zero-order valence-corrected chi connectivity index (χ0v) is 15.0. The smallest absolute Gasteiger partial charge is 1.00 e. The van der Waals surface area contributed by atoms with Crippen LogP contribution in [0, 0.1) is 0 Å². The molecule has 0 aromatic carbocycles. The van der Waals surface area contributed by atoms with Crippen molar-refractivity contribution in [3.8, 4) is 0 Å². The topological polar surface area (TPSA) is 16.1 Å². The minimum atomic E-state index is 0. The molecule has 0 saturated carbocycles. The largest absolute Gasteiger partial charge is 2.00 e. The molecule has 0 N–H and O–H groups in total. The Morgan fingerprint density at radius 1 is 1.53 bits per heavy atom. The van der Waals surface area contributed by atoms with Gasteiger partial charge in [0.05, 0.1) is 0 Å². The van der Waals surface area contributed by atoms with Crippen LogP contribution in [-0.4, -0.2) is 78.8 Å². The molecule has 2 atom stereocenters. The van der Waals surface area contributed by atoms with Gasteiger partial charge in [0.1, 0.15) is 0 Å². The first-order valence-electron chi connectivity index (χ1n) is 4.48. The van der Waals surface area contributed by atoms with Gasteiger partial charge in [0, 0.05) is 36.0 Å². The van der Waals surface area contributed by atoms with Gasteiger partial charge in [-0.2, -0.15) is 9.90 Å². The standard InChI is InChI=1S/C10H14N2.Ca.Ge.H3P.2H/c1-12-7-3-5-10(12)9-4-2-6-11-8-9;;;;;/h2,4,6,8,10H,3,5,7H2,1H3;;;1H3;;/q;+2;;;2*-1. The van der Waals surface area contributed by atoms with E-state index >= 15 is 0 Å². The average Bonchev–Trinajstić information content (AvgIpc) is 2.53. The van der Waals surface area contributed by atoms with Gasteiger partial charge in [0.25, 0.3) is 0 Å². The predicted octanol–water partition coefficient (Wildman–Crippen LogP) is 1.37. The normalized spacial score (nSPS) is 19.7. The van der Waals surface area contributed by atoms with Crippen LogP contribution in [0.2, 0.25) is 0 Å². The van der Waals surface area contributed by atoms with Crippen molar-refractivity contribution < 1.29 is 2.85 Å². The van der Waals surface area contributed by atoms with E-state index in [1.165, 1.54) is 24.9 Å². The minimum absolute atomic E-state index is 0. The first kappa shape index (κ1) is 18.7. The van der Waals surface area contributed by atoms with E-state index in [2.05, 4.69) is 23.0 Å². The van der Waals surface area contributed by atoms with Gasteiger partial charge in [0.2, 0.25) is 0 Å². The van der Waals surface area contributed by atoms with E-state index in [9.17, 15) is 0 Å². The third-order valence-corrected chi connectivity index (χ3v) is 2.59. The molecule has 2 heterocycles. The van der Waals surface area contributed by atoms with Crippen molar-refractivity contribution in [3.05, 3.63) is 30.1 Å². The SMILES string of the molecule is CN1CCCC1c1cccnc1.P.[Ca+2].[Ge].[H-].[H-]. The zero-order valence-electron chi connectivity index (χ0n) is 11.3. The minimum Gasteiger partial charge on any atom is -1.00 e. The van der Waals surface area contributed by atoms with E-state index in [0.717, 1.165) is 0 Å². The molecule has 2 unspecified atom stereocenters. The zero-order chi connectivity index (χ0) is 8.39. The fourth-order valence-electron chi connectivity index (χ4n) is 1.90. The third kappa shape index (κ3) is 5.01. The van der Waals surface area contributed by atoms with Crippen LogP contribution >= 0.6 is 9.90 Å². The molecule has 0 aliphatic carbocycles. The summed E-state index contributed by atoms with van der Waals surface area (Å²) in [7, 11) is 2.19. The molecule has 5 heteroatoms. The molecule has 0 spiro atoms. The molecule has 1 aromatic rings. The molecular weight excluding hydrogens is 292 g/mol. The molecule has 15 heavy (non-hydrogen) atoms. The van der Waals surface area contributed by atoms with Gasteiger partial charge in [-0.1, -0.05) is 6.07 Å². The van der Waals surface area contributed by atoms with Crippen molar-refractivity contribution in [2.45, 2.75) is 18.9 Å². The molecule has 80 valence electrons. The van der Waals surface area contributed by atoms with E-state index in [-0.39, 0.29) is 68.1 Å². The van der Waals surface area contributed by atoms with Crippen molar-refractivity contribution in [1.82, 2.24) is 9.88 Å². The van der Waals surface area contributed by atoms with Gasteiger partial charge in [-0.3, -0.25) is 9.88 Å². The summed E-state index contributed by atoms with van der Waals surface area (Å²) < 4.78 is 0. The third-order valence-electron chi connectivity index (χ3n) is 2.59. The second-order valence-electron chi connectivity index (χ2n) is 3.42. The molecule has 1 saturated heterocycles. The van der Waals surface area contributed by atoms with Gasteiger partial charge in [0.15, 0.2) is 0 Å². The maximum atomic E-state index is 4.14. The number of aromatic nitrogens is 1. The summed E-state index contributed by atoms with van der Waals surface area (Å²) >= 11 is 0. The van der Waals surface area contributed by atoms with Crippen LogP contribution in [-0.2, 0) is 0 Å². The van der Waals surface area contributed by atoms with Gasteiger partial charge in [-0.25, -0.2) is 0 Å². The molecule has 4 radical (unpaired) electrons. The average molecular weight is 311 g/mol. The van der Waals surface area contributed by atoms with E-state index in [4.69, 9.17) is 0 Å². The van der Waals surface area contributed by atoms with E-state index in [0.29, 0.717) is 6.04 Å². The van der Waals surface area contributed by atoms with E-state index < -0.39 is 0 Å². The van der Waals surface area contributed by atoms with E-state index in [1.807, 2.05) is 18.5 Å². The fourth-order valence-corrected chi connectivity index (χ4v) is 1.90. The Morgan fingerprint density at radius 2 is 2.27 bits per heavy atom. The van der Waals surface area contributed by atoms with Crippen molar-refractivity contribution >= 4 is 65.2 Å². The van der Waals surface area contributed by atoms with Gasteiger partial charge >= 0.3 is 37.7 Å². The predicted molar refractivity (Wildman–Crippen MR) is 73.7 cm³/mol. The van der Waals surface area contributed by atoms with Crippen LogP contribution in [0.15, 0.2) is 24.5 Å². The summed E-state index contributed by atoms with van der Waals surface area (Å²) in [6, 6.07) is 4.79. The number of hydrogen-bond donors (Lipinski definition) is 0. The molecule has 0 bridgehead atoms. The van der Waals surface area contributed by atoms with Crippen molar-refractivity contribution in [2.75, 3.05) is 13.6 Å². The Kier molecular flexibility index (Phi) is 11.7. The number of hydrogen-bond acceptors (Lipinski definition) is 2. The summed E-state index contributed by atoms with van der Waals surface area (Å²) in [5, 5.41) is 0. The molecular formula is C10H19CaGeN2P. The first-order valence-corrected chi connectivity index (χ1v) is 4.48. The second kappa shape index (κ2) is 9.38. The Morgan fingerprint density at radius 3 is 2.73 bits per heavy atom. The van der Waals surface area contributed by atoms with Crippen molar-refractivity contribution in [2.24, 2.45) is 0 Å². The van der Waals surface area contributed by atoms with Gasteiger partial charge < -0.3 is 2.85 Å². The van der Waals surface area contributed by atoms with Crippen LogP contribution in [0.1, 0.15) is 27.3 Å². The van der Waals surface area contributed by atoms with Crippen LogP contribution in [0.4, 0.5) is 0 Å². The monoisotopic (exact) mass is 312 g/mol. The first-order chi connectivity index (χ1) is 5.88. The molecule has 1 fully saturated rings. The Labute approximate surface area is 139 Å². The Balaban J connectivity index is -0.000000169. The molecule has 1 aliphatic heterocycles. The number of likely N-dealkylation sites (tertiary alicyclic amines) is 1. The second-order valence-corrected chi connectivity index (χ2v) is 3.42. The molecule has 2 nitrogen and oxygen atoms in total. The maximum absolute atomic E-state index is 4.14. The summed E-state index contributed by atoms with van der Waals surface area (Å²) in [5.74, 6) is 0. The molecule has 1 aromatic heterocycles. The quantitative estimate of drug-likeness (QED) is 0.575. The van der Waals surface area contributed by atoms with Crippen LogP contribution < -0.4 is 0 Å². The summed E-state index contributed by atoms with van der Waals surface area (Å²) in [6.07, 6.45) is 6.41. The fraction of sp³-hybridized carbons (Fsp3) is 0.500. The van der Waals surface area contributed by atoms with Crippen molar-refractivity contribution in [3.63, 3.8) is 0 Å². The van der Waals surface area contributed by atoms with Gasteiger partial charge in [-0.15, -0.1) is 0 Å². The number of rotatable bonds is 1. The van der Waals surface area contributed by atoms with E-state index in [1.54, 1.807) is 0 Å². The number of nitrogens with zero attached hydrogens (tertiary/aromatic N) is 2. The van der Waals surface area contributed by atoms with Gasteiger partial charge in [-0.05, 0) is 38.1 Å². The summed E-state index contributed by atoms with van der Waals surface area (Å²) in [5.41, 5.74) is 1.36. The van der Waals surface area contributed by atoms with Crippen LogP contribution in [0.5, 0.6) is 0 Å². The Bertz CT molecular complexity index is 270. The molecule has 0 amide bonds.